The fourth-order valence-corrected chi connectivity index (χ4v) is 6.09. The smallest absolute Gasteiger partial charge is 0.415 e. The maximum Gasteiger partial charge on any atom is 0.415 e. The summed E-state index contributed by atoms with van der Waals surface area (Å²) in [5, 5.41) is 28.0. The zero-order chi connectivity index (χ0) is 29.3. The standard InChI is InChI=1S/C27H35FN6O7/c1-31-9-4-5-18(31)14-33-20-11-16(22-19(28)6-3-7-21(22)40-2)12-30-23(20)25(24(26(33)36)34(38)39)41-27(37)32-10-8-29-17(13-32)15-35/h3,6-7,16-18,29-30,35H,4-5,8-15H2,1-2H3/t16-,17?,18-/m0/s1. The number of halogens is 1. The molecule has 41 heavy (non-hydrogen) atoms. The van der Waals surface area contributed by atoms with Gasteiger partial charge < -0.3 is 39.6 Å². The van der Waals surface area contributed by atoms with Crippen LogP contribution in [-0.2, 0) is 13.0 Å². The summed E-state index contributed by atoms with van der Waals surface area (Å²) in [5.74, 6) is -1.02. The molecule has 222 valence electrons. The SMILES string of the molecule is COc1cccc(F)c1[C@@H]1CNc2c(OC(=O)N3CCNC(CO)C3)c([N+](=O)[O-])c(=O)n(C[C@@H]3CCCN3C)c2C1. The van der Waals surface area contributed by atoms with Gasteiger partial charge in [0.05, 0.1) is 18.6 Å². The Bertz CT molecular complexity index is 1380. The number of hydrogen-bond acceptors (Lipinski definition) is 10. The largest absolute Gasteiger partial charge is 0.496 e. The van der Waals surface area contributed by atoms with Crippen molar-refractivity contribution < 1.29 is 28.7 Å². The fourth-order valence-electron chi connectivity index (χ4n) is 6.09. The number of aromatic nitrogens is 1. The molecule has 5 rings (SSSR count). The molecule has 4 heterocycles. The summed E-state index contributed by atoms with van der Waals surface area (Å²) in [6.45, 7) is 1.80. The van der Waals surface area contributed by atoms with Crippen LogP contribution in [0.2, 0.25) is 0 Å². The van der Waals surface area contributed by atoms with Gasteiger partial charge in [-0.15, -0.1) is 0 Å². The number of methoxy groups -OCH3 is 1. The number of benzene rings is 1. The van der Waals surface area contributed by atoms with Crippen LogP contribution in [0.4, 0.5) is 20.6 Å². The van der Waals surface area contributed by atoms with Crippen LogP contribution in [0.25, 0.3) is 0 Å². The van der Waals surface area contributed by atoms with Gasteiger partial charge in [0.1, 0.15) is 17.3 Å². The number of amides is 1. The molecule has 0 bridgehead atoms. The molecule has 1 aromatic heterocycles. The Hall–Kier alpha value is -3.75. The van der Waals surface area contributed by atoms with Crippen molar-refractivity contribution in [2.45, 2.75) is 43.8 Å². The van der Waals surface area contributed by atoms with Crippen LogP contribution < -0.4 is 25.7 Å². The molecule has 0 saturated carbocycles. The summed E-state index contributed by atoms with van der Waals surface area (Å²) in [6.07, 6.45) is 1.05. The van der Waals surface area contributed by atoms with Gasteiger partial charge in [-0.1, -0.05) is 6.07 Å². The number of fused-ring (bicyclic) bond motifs is 1. The number of carbonyl (C=O) groups excluding carboxylic acids is 1. The van der Waals surface area contributed by atoms with Crippen molar-refractivity contribution in [3.05, 3.63) is 55.7 Å². The van der Waals surface area contributed by atoms with Crippen LogP contribution in [0.1, 0.15) is 30.0 Å². The van der Waals surface area contributed by atoms with Crippen molar-refractivity contribution in [1.82, 2.24) is 19.7 Å². The van der Waals surface area contributed by atoms with Crippen LogP contribution in [-0.4, -0.2) is 96.1 Å². The first-order chi connectivity index (χ1) is 19.7. The number of carbonyl (C=O) groups is 1. The van der Waals surface area contributed by atoms with E-state index in [4.69, 9.17) is 9.47 Å². The number of aliphatic hydroxyl groups is 1. The van der Waals surface area contributed by atoms with E-state index in [9.17, 15) is 24.8 Å². The lowest BCUT2D eigenvalue weighted by Crippen LogP contribution is -2.54. The maximum atomic E-state index is 15.1. The lowest BCUT2D eigenvalue weighted by Gasteiger charge is -2.33. The Labute approximate surface area is 236 Å². The quantitative estimate of drug-likeness (QED) is 0.328. The van der Waals surface area contributed by atoms with Crippen molar-refractivity contribution in [2.24, 2.45) is 0 Å². The number of nitrogens with zero attached hydrogens (tertiary/aromatic N) is 4. The van der Waals surface area contributed by atoms with Gasteiger partial charge in [0.25, 0.3) is 0 Å². The zero-order valence-electron chi connectivity index (χ0n) is 23.1. The second-order valence-corrected chi connectivity index (χ2v) is 10.7. The fraction of sp³-hybridized carbons (Fsp3) is 0.556. The normalized spacial score (nSPS) is 22.6. The predicted octanol–water partition coefficient (Wildman–Crippen LogP) is 1.52. The lowest BCUT2D eigenvalue weighted by atomic mass is 9.88. The molecule has 3 N–H and O–H groups in total. The van der Waals surface area contributed by atoms with Gasteiger partial charge in [-0.05, 0) is 45.0 Å². The molecule has 0 spiro atoms. The highest BCUT2D eigenvalue weighted by Crippen LogP contribution is 2.43. The average Bonchev–Trinajstić information content (AvgIpc) is 3.38. The average molecular weight is 575 g/mol. The minimum Gasteiger partial charge on any atom is -0.496 e. The van der Waals surface area contributed by atoms with Crippen molar-refractivity contribution >= 4 is 17.5 Å². The first kappa shape index (κ1) is 28.8. The lowest BCUT2D eigenvalue weighted by molar-refractivity contribution is -0.387. The van der Waals surface area contributed by atoms with E-state index in [2.05, 4.69) is 15.5 Å². The molecule has 14 heteroatoms. The minimum atomic E-state index is -0.881. The van der Waals surface area contributed by atoms with Crippen LogP contribution in [0.15, 0.2) is 23.0 Å². The summed E-state index contributed by atoms with van der Waals surface area (Å²) >= 11 is 0. The molecule has 13 nitrogen and oxygen atoms in total. The molecule has 0 aliphatic carbocycles. The van der Waals surface area contributed by atoms with Crippen LogP contribution >= 0.6 is 0 Å². The Balaban J connectivity index is 1.60. The Morgan fingerprint density at radius 3 is 2.80 bits per heavy atom. The van der Waals surface area contributed by atoms with Gasteiger partial charge in [-0.2, -0.15) is 0 Å². The molecule has 1 amide bonds. The molecular formula is C27H35FN6O7. The molecule has 3 aliphatic rings. The number of ether oxygens (including phenoxy) is 2. The van der Waals surface area contributed by atoms with Gasteiger partial charge in [0, 0.05) is 62.0 Å². The van der Waals surface area contributed by atoms with E-state index in [1.165, 1.54) is 22.6 Å². The summed E-state index contributed by atoms with van der Waals surface area (Å²) < 4.78 is 27.5. The van der Waals surface area contributed by atoms with E-state index >= 15 is 4.39 Å². The maximum absolute atomic E-state index is 15.1. The third-order valence-corrected chi connectivity index (χ3v) is 8.28. The second kappa shape index (κ2) is 12.0. The Kier molecular flexibility index (Phi) is 8.42. The summed E-state index contributed by atoms with van der Waals surface area (Å²) in [7, 11) is 3.39. The van der Waals surface area contributed by atoms with Gasteiger partial charge in [0.15, 0.2) is 0 Å². The predicted molar refractivity (Wildman–Crippen MR) is 147 cm³/mol. The Morgan fingerprint density at radius 2 is 2.12 bits per heavy atom. The molecule has 1 aromatic carbocycles. The Morgan fingerprint density at radius 1 is 1.32 bits per heavy atom. The number of anilines is 1. The highest BCUT2D eigenvalue weighted by Gasteiger charge is 2.39. The van der Waals surface area contributed by atoms with E-state index in [-0.39, 0.29) is 57.0 Å². The third-order valence-electron chi connectivity index (χ3n) is 8.28. The number of likely N-dealkylation sites (N-methyl/N-ethyl adjacent to an activating group) is 1. The van der Waals surface area contributed by atoms with E-state index in [0.29, 0.717) is 23.6 Å². The van der Waals surface area contributed by atoms with Crippen LogP contribution in [0.5, 0.6) is 11.5 Å². The van der Waals surface area contributed by atoms with Gasteiger partial charge in [0.2, 0.25) is 5.75 Å². The number of hydrogen-bond donors (Lipinski definition) is 3. The van der Waals surface area contributed by atoms with Crippen LogP contribution in [0, 0.1) is 15.9 Å². The second-order valence-electron chi connectivity index (χ2n) is 10.7. The number of nitrogens with one attached hydrogen (secondary N) is 2. The molecule has 2 saturated heterocycles. The number of likely N-dealkylation sites (tertiary alicyclic amines) is 1. The number of aliphatic hydroxyl groups excluding tert-OH is 1. The van der Waals surface area contributed by atoms with Crippen molar-refractivity contribution in [3.8, 4) is 11.5 Å². The van der Waals surface area contributed by atoms with Gasteiger partial charge in [-0.3, -0.25) is 14.9 Å². The van der Waals surface area contributed by atoms with Crippen LogP contribution in [0.3, 0.4) is 0 Å². The van der Waals surface area contributed by atoms with Crippen molar-refractivity contribution in [2.75, 3.05) is 58.8 Å². The number of nitro groups is 1. The zero-order valence-corrected chi connectivity index (χ0v) is 23.1. The van der Waals surface area contributed by atoms with E-state index in [1.807, 2.05) is 7.05 Å². The van der Waals surface area contributed by atoms with E-state index < -0.39 is 39.7 Å². The van der Waals surface area contributed by atoms with Crippen molar-refractivity contribution in [3.63, 3.8) is 0 Å². The summed E-state index contributed by atoms with van der Waals surface area (Å²) in [4.78, 5) is 41.9. The monoisotopic (exact) mass is 574 g/mol. The molecular weight excluding hydrogens is 539 g/mol. The number of piperazine rings is 1. The van der Waals surface area contributed by atoms with E-state index in [0.717, 1.165) is 19.4 Å². The van der Waals surface area contributed by atoms with E-state index in [1.54, 1.807) is 12.1 Å². The first-order valence-electron chi connectivity index (χ1n) is 13.7. The molecule has 2 fully saturated rings. The summed E-state index contributed by atoms with van der Waals surface area (Å²) in [6, 6.07) is 4.15. The number of rotatable bonds is 7. The van der Waals surface area contributed by atoms with Crippen molar-refractivity contribution in [1.29, 1.82) is 0 Å². The highest BCUT2D eigenvalue weighted by molar-refractivity contribution is 5.79. The molecule has 0 radical (unpaired) electrons. The third kappa shape index (κ3) is 5.59. The topological polar surface area (TPSA) is 151 Å². The van der Waals surface area contributed by atoms with Gasteiger partial charge >= 0.3 is 17.3 Å². The molecule has 3 atom stereocenters. The highest BCUT2D eigenvalue weighted by atomic mass is 19.1. The minimum absolute atomic E-state index is 0.0237. The molecule has 2 aromatic rings. The number of pyridine rings is 1. The first-order valence-corrected chi connectivity index (χ1v) is 13.7. The molecule has 1 unspecified atom stereocenters. The summed E-state index contributed by atoms with van der Waals surface area (Å²) in [5.41, 5.74) is -0.809. The van der Waals surface area contributed by atoms with Gasteiger partial charge in [-0.25, -0.2) is 9.18 Å². The molecule has 3 aliphatic heterocycles.